The Balaban J connectivity index is 2.85. The van der Waals surface area contributed by atoms with Crippen LogP contribution in [0.15, 0.2) is 23.1 Å². The van der Waals surface area contributed by atoms with Crippen molar-refractivity contribution in [3.63, 3.8) is 0 Å². The maximum Gasteiger partial charge on any atom is 0.221 e. The van der Waals surface area contributed by atoms with E-state index in [2.05, 4.69) is 5.32 Å². The second-order valence-electron chi connectivity index (χ2n) is 5.88. The summed E-state index contributed by atoms with van der Waals surface area (Å²) < 4.78 is 34.8. The van der Waals surface area contributed by atoms with Gasteiger partial charge in [-0.2, -0.15) is 0 Å². The number of amides is 1. The van der Waals surface area contributed by atoms with Crippen LogP contribution in [0.2, 0.25) is 0 Å². The highest BCUT2D eigenvalue weighted by atomic mass is 32.2. The fraction of sp³-hybridized carbons (Fsp3) is 0.533. The maximum atomic E-state index is 12.3. The molecule has 0 fully saturated rings. The predicted molar refractivity (Wildman–Crippen MR) is 84.1 cm³/mol. The van der Waals surface area contributed by atoms with Gasteiger partial charge in [0.2, 0.25) is 5.91 Å². The summed E-state index contributed by atoms with van der Waals surface area (Å²) >= 11 is 0. The van der Waals surface area contributed by atoms with Gasteiger partial charge in [-0.1, -0.05) is 0 Å². The van der Waals surface area contributed by atoms with Gasteiger partial charge >= 0.3 is 0 Å². The summed E-state index contributed by atoms with van der Waals surface area (Å²) in [7, 11) is -0.654. The quantitative estimate of drug-likeness (QED) is 0.860. The Morgan fingerprint density at radius 2 is 1.73 bits per heavy atom. The van der Waals surface area contributed by atoms with Crippen LogP contribution in [0.5, 0.6) is 11.5 Å². The van der Waals surface area contributed by atoms with Crippen LogP contribution in [0.4, 0.5) is 0 Å². The van der Waals surface area contributed by atoms with Gasteiger partial charge in [-0.05, 0) is 32.9 Å². The molecule has 1 rings (SSSR count). The Morgan fingerprint density at radius 3 is 2.23 bits per heavy atom. The van der Waals surface area contributed by atoms with Crippen LogP contribution in [-0.4, -0.2) is 39.8 Å². The van der Waals surface area contributed by atoms with Gasteiger partial charge in [-0.25, -0.2) is 8.42 Å². The van der Waals surface area contributed by atoms with Gasteiger partial charge in [0.05, 0.1) is 24.9 Å². The van der Waals surface area contributed by atoms with Crippen LogP contribution >= 0.6 is 0 Å². The van der Waals surface area contributed by atoms with Crippen molar-refractivity contribution >= 4 is 15.7 Å². The zero-order valence-corrected chi connectivity index (χ0v) is 14.4. The van der Waals surface area contributed by atoms with Crippen LogP contribution in [-0.2, 0) is 14.6 Å². The Morgan fingerprint density at radius 1 is 1.14 bits per heavy atom. The Bertz CT molecular complexity index is 632. The molecule has 1 aromatic carbocycles. The zero-order chi connectivity index (χ0) is 17.0. The molecule has 7 heteroatoms. The molecule has 0 aliphatic carbocycles. The summed E-state index contributed by atoms with van der Waals surface area (Å²) in [5.74, 6) is 0.232. The van der Waals surface area contributed by atoms with Crippen LogP contribution < -0.4 is 14.8 Å². The van der Waals surface area contributed by atoms with Crippen molar-refractivity contribution in [2.45, 2.75) is 37.6 Å². The monoisotopic (exact) mass is 329 g/mol. The van der Waals surface area contributed by atoms with Crippen molar-refractivity contribution in [1.82, 2.24) is 5.32 Å². The second kappa shape index (κ2) is 7.00. The van der Waals surface area contributed by atoms with Crippen molar-refractivity contribution < 1.29 is 22.7 Å². The molecule has 0 saturated carbocycles. The molecule has 0 aliphatic heterocycles. The van der Waals surface area contributed by atoms with E-state index in [-0.39, 0.29) is 28.5 Å². The van der Waals surface area contributed by atoms with E-state index in [0.717, 1.165) is 0 Å². The molecule has 1 amide bonds. The molecule has 22 heavy (non-hydrogen) atoms. The highest BCUT2D eigenvalue weighted by molar-refractivity contribution is 7.91. The lowest BCUT2D eigenvalue weighted by atomic mass is 10.1. The van der Waals surface area contributed by atoms with Gasteiger partial charge in [-0.15, -0.1) is 0 Å². The van der Waals surface area contributed by atoms with E-state index in [0.29, 0.717) is 11.5 Å². The number of sulfone groups is 1. The average Bonchev–Trinajstić information content (AvgIpc) is 2.42. The number of carbonyl (C=O) groups is 1. The summed E-state index contributed by atoms with van der Waals surface area (Å²) in [5, 5.41) is 2.74. The number of methoxy groups -OCH3 is 2. The summed E-state index contributed by atoms with van der Waals surface area (Å²) in [6.07, 6.45) is -0.0893. The summed E-state index contributed by atoms with van der Waals surface area (Å²) in [4.78, 5) is 11.8. The van der Waals surface area contributed by atoms with Gasteiger partial charge in [0.25, 0.3) is 0 Å². The molecule has 1 N–H and O–H groups in total. The highest BCUT2D eigenvalue weighted by Gasteiger charge is 2.20. The molecular formula is C15H23NO5S. The SMILES string of the molecule is COc1ccc(S(=O)(=O)CCC(=O)NC(C)(C)C)cc1OC. The number of nitrogens with one attached hydrogen (secondary N) is 1. The number of carbonyl (C=O) groups excluding carboxylic acids is 1. The normalized spacial score (nSPS) is 11.9. The van der Waals surface area contributed by atoms with Crippen molar-refractivity contribution in [2.75, 3.05) is 20.0 Å². The first kappa shape index (κ1) is 18.3. The van der Waals surface area contributed by atoms with E-state index in [1.807, 2.05) is 20.8 Å². The molecule has 0 unspecified atom stereocenters. The van der Waals surface area contributed by atoms with E-state index in [4.69, 9.17) is 9.47 Å². The van der Waals surface area contributed by atoms with Crippen LogP contribution in [0.1, 0.15) is 27.2 Å². The van der Waals surface area contributed by atoms with E-state index in [1.165, 1.54) is 32.4 Å². The minimum Gasteiger partial charge on any atom is -0.493 e. The van der Waals surface area contributed by atoms with Crippen LogP contribution in [0.25, 0.3) is 0 Å². The third-order valence-corrected chi connectivity index (χ3v) is 4.54. The van der Waals surface area contributed by atoms with Crippen molar-refractivity contribution in [2.24, 2.45) is 0 Å². The fourth-order valence-corrected chi connectivity index (χ4v) is 3.09. The molecule has 1 aromatic rings. The zero-order valence-electron chi connectivity index (χ0n) is 13.6. The molecule has 0 radical (unpaired) electrons. The first-order chi connectivity index (χ1) is 10.1. The maximum absolute atomic E-state index is 12.3. The van der Waals surface area contributed by atoms with E-state index >= 15 is 0 Å². The predicted octanol–water partition coefficient (Wildman–Crippen LogP) is 1.78. The first-order valence-electron chi connectivity index (χ1n) is 6.85. The lowest BCUT2D eigenvalue weighted by Gasteiger charge is -2.20. The van der Waals surface area contributed by atoms with Gasteiger partial charge in [-0.3, -0.25) is 4.79 Å². The third kappa shape index (κ3) is 5.22. The van der Waals surface area contributed by atoms with Crippen molar-refractivity contribution in [1.29, 1.82) is 0 Å². The number of ether oxygens (including phenoxy) is 2. The fourth-order valence-electron chi connectivity index (χ4n) is 1.84. The molecule has 0 bridgehead atoms. The third-order valence-electron chi connectivity index (χ3n) is 2.83. The first-order valence-corrected chi connectivity index (χ1v) is 8.50. The smallest absolute Gasteiger partial charge is 0.221 e. The number of rotatable bonds is 6. The molecule has 0 saturated heterocycles. The Kier molecular flexibility index (Phi) is 5.82. The van der Waals surface area contributed by atoms with E-state index in [1.54, 1.807) is 0 Å². The molecule has 0 aliphatic rings. The lowest BCUT2D eigenvalue weighted by molar-refractivity contribution is -0.122. The standard InChI is InChI=1S/C15H23NO5S/c1-15(2,3)16-14(17)8-9-22(18,19)11-6-7-12(20-4)13(10-11)21-5/h6-7,10H,8-9H2,1-5H3,(H,16,17). The van der Waals surface area contributed by atoms with Crippen LogP contribution in [0.3, 0.4) is 0 Å². The molecule has 0 spiro atoms. The molecule has 0 aromatic heterocycles. The largest absolute Gasteiger partial charge is 0.493 e. The highest BCUT2D eigenvalue weighted by Crippen LogP contribution is 2.29. The van der Waals surface area contributed by atoms with Crippen molar-refractivity contribution in [3.05, 3.63) is 18.2 Å². The lowest BCUT2D eigenvalue weighted by Crippen LogP contribution is -2.41. The van der Waals surface area contributed by atoms with E-state index < -0.39 is 9.84 Å². The molecule has 6 nitrogen and oxygen atoms in total. The van der Waals surface area contributed by atoms with Gasteiger partial charge in [0.15, 0.2) is 21.3 Å². The van der Waals surface area contributed by atoms with Gasteiger partial charge < -0.3 is 14.8 Å². The average molecular weight is 329 g/mol. The Hall–Kier alpha value is -1.76. The molecular weight excluding hydrogens is 306 g/mol. The molecule has 0 heterocycles. The number of hydrogen-bond acceptors (Lipinski definition) is 5. The minimum atomic E-state index is -3.56. The second-order valence-corrected chi connectivity index (χ2v) is 7.99. The number of hydrogen-bond donors (Lipinski definition) is 1. The minimum absolute atomic E-state index is 0.0893. The molecule has 124 valence electrons. The van der Waals surface area contributed by atoms with E-state index in [9.17, 15) is 13.2 Å². The summed E-state index contributed by atoms with van der Waals surface area (Å²) in [6.45, 7) is 5.52. The van der Waals surface area contributed by atoms with Gasteiger partial charge in [0.1, 0.15) is 0 Å². The van der Waals surface area contributed by atoms with Crippen molar-refractivity contribution in [3.8, 4) is 11.5 Å². The topological polar surface area (TPSA) is 81.7 Å². The molecule has 0 atom stereocenters. The van der Waals surface area contributed by atoms with Gasteiger partial charge in [0, 0.05) is 18.0 Å². The Labute approximate surface area is 131 Å². The summed E-state index contributed by atoms with van der Waals surface area (Å²) in [5.41, 5.74) is -0.385. The van der Waals surface area contributed by atoms with Crippen LogP contribution in [0, 0.1) is 0 Å². The summed E-state index contributed by atoms with van der Waals surface area (Å²) in [6, 6.07) is 4.37. The number of benzene rings is 1.